The first-order valence-electron chi connectivity index (χ1n) is 6.70. The van der Waals surface area contributed by atoms with Gasteiger partial charge < -0.3 is 10.1 Å². The molecule has 0 saturated carbocycles. The predicted molar refractivity (Wildman–Crippen MR) is 71.9 cm³/mol. The van der Waals surface area contributed by atoms with Crippen molar-refractivity contribution in [2.24, 2.45) is 5.41 Å². The third kappa shape index (κ3) is 10.4. The summed E-state index contributed by atoms with van der Waals surface area (Å²) < 4.78 is 5.83. The lowest BCUT2D eigenvalue weighted by Gasteiger charge is -2.22. The van der Waals surface area contributed by atoms with Gasteiger partial charge in [-0.05, 0) is 45.1 Å². The molecule has 0 spiro atoms. The van der Waals surface area contributed by atoms with Crippen molar-refractivity contribution in [3.8, 4) is 0 Å². The van der Waals surface area contributed by atoms with Crippen LogP contribution >= 0.6 is 0 Å². The molecule has 0 aromatic carbocycles. The standard InChI is InChI=1S/C14H31NO/c1-7-9-15-12(2)11-13(3)16-10-8-14(4,5)6/h12-13,15H,7-11H2,1-6H3. The second-order valence-electron chi connectivity index (χ2n) is 6.08. The van der Waals surface area contributed by atoms with Gasteiger partial charge in [-0.2, -0.15) is 0 Å². The summed E-state index contributed by atoms with van der Waals surface area (Å²) in [5, 5.41) is 3.49. The lowest BCUT2D eigenvalue weighted by Crippen LogP contribution is -2.31. The third-order valence-electron chi connectivity index (χ3n) is 2.68. The molecule has 2 atom stereocenters. The summed E-state index contributed by atoms with van der Waals surface area (Å²) in [5.74, 6) is 0. The van der Waals surface area contributed by atoms with Crippen LogP contribution in [0.15, 0.2) is 0 Å². The zero-order chi connectivity index (χ0) is 12.6. The molecule has 0 aliphatic carbocycles. The Labute approximate surface area is 102 Å². The molecule has 0 aliphatic rings. The van der Waals surface area contributed by atoms with Gasteiger partial charge in [0, 0.05) is 12.6 Å². The molecule has 0 rings (SSSR count). The van der Waals surface area contributed by atoms with Crippen LogP contribution in [0.5, 0.6) is 0 Å². The Bertz CT molecular complexity index is 163. The highest BCUT2D eigenvalue weighted by Crippen LogP contribution is 2.18. The highest BCUT2D eigenvalue weighted by atomic mass is 16.5. The largest absolute Gasteiger partial charge is 0.378 e. The van der Waals surface area contributed by atoms with Crippen LogP contribution in [0.25, 0.3) is 0 Å². The van der Waals surface area contributed by atoms with Gasteiger partial charge in [0.15, 0.2) is 0 Å². The van der Waals surface area contributed by atoms with Crippen LogP contribution in [0.1, 0.15) is 60.8 Å². The molecule has 2 unspecified atom stereocenters. The first kappa shape index (κ1) is 15.9. The molecular formula is C14H31NO. The van der Waals surface area contributed by atoms with Crippen LogP contribution in [0.2, 0.25) is 0 Å². The minimum atomic E-state index is 0.363. The summed E-state index contributed by atoms with van der Waals surface area (Å²) >= 11 is 0. The molecule has 2 heteroatoms. The molecule has 0 aromatic rings. The van der Waals surface area contributed by atoms with E-state index in [1.165, 1.54) is 6.42 Å². The molecule has 0 fully saturated rings. The van der Waals surface area contributed by atoms with Crippen molar-refractivity contribution in [2.45, 2.75) is 73.0 Å². The fourth-order valence-corrected chi connectivity index (χ4v) is 1.61. The summed E-state index contributed by atoms with van der Waals surface area (Å²) in [7, 11) is 0. The molecule has 0 aliphatic heterocycles. The van der Waals surface area contributed by atoms with Gasteiger partial charge in [-0.1, -0.05) is 27.7 Å². The fraction of sp³-hybridized carbons (Fsp3) is 1.00. The van der Waals surface area contributed by atoms with Gasteiger partial charge >= 0.3 is 0 Å². The number of hydrogen-bond donors (Lipinski definition) is 1. The first-order valence-corrected chi connectivity index (χ1v) is 6.70. The second kappa shape index (κ2) is 8.08. The Morgan fingerprint density at radius 2 is 1.81 bits per heavy atom. The minimum absolute atomic E-state index is 0.363. The SMILES string of the molecule is CCCNC(C)CC(C)OCCC(C)(C)C. The maximum atomic E-state index is 5.83. The average molecular weight is 229 g/mol. The van der Waals surface area contributed by atoms with E-state index in [2.05, 4.69) is 46.9 Å². The summed E-state index contributed by atoms with van der Waals surface area (Å²) in [6.07, 6.45) is 3.80. The predicted octanol–water partition coefficient (Wildman–Crippen LogP) is 3.61. The second-order valence-corrected chi connectivity index (χ2v) is 6.08. The quantitative estimate of drug-likeness (QED) is 0.686. The minimum Gasteiger partial charge on any atom is -0.378 e. The number of nitrogens with one attached hydrogen (secondary N) is 1. The first-order chi connectivity index (χ1) is 7.35. The summed E-state index contributed by atoms with van der Waals surface area (Å²) in [4.78, 5) is 0. The lowest BCUT2D eigenvalue weighted by atomic mass is 9.93. The molecule has 0 heterocycles. The van der Waals surface area contributed by atoms with Gasteiger partial charge in [0.1, 0.15) is 0 Å². The smallest absolute Gasteiger partial charge is 0.0561 e. The molecule has 16 heavy (non-hydrogen) atoms. The van der Waals surface area contributed by atoms with Crippen LogP contribution < -0.4 is 5.32 Å². The van der Waals surface area contributed by atoms with E-state index in [-0.39, 0.29) is 0 Å². The number of hydrogen-bond acceptors (Lipinski definition) is 2. The van der Waals surface area contributed by atoms with Crippen LogP contribution in [0.3, 0.4) is 0 Å². The van der Waals surface area contributed by atoms with E-state index in [0.29, 0.717) is 17.6 Å². The van der Waals surface area contributed by atoms with Crippen molar-refractivity contribution in [1.29, 1.82) is 0 Å². The fourth-order valence-electron chi connectivity index (χ4n) is 1.61. The van der Waals surface area contributed by atoms with Gasteiger partial charge in [0.05, 0.1) is 6.10 Å². The zero-order valence-electron chi connectivity index (χ0n) is 12.1. The van der Waals surface area contributed by atoms with Crippen LogP contribution in [-0.2, 0) is 4.74 Å². The van der Waals surface area contributed by atoms with E-state index >= 15 is 0 Å². The van der Waals surface area contributed by atoms with Gasteiger partial charge in [0.2, 0.25) is 0 Å². The van der Waals surface area contributed by atoms with Crippen molar-refractivity contribution < 1.29 is 4.74 Å². The Kier molecular flexibility index (Phi) is 8.04. The third-order valence-corrected chi connectivity index (χ3v) is 2.68. The zero-order valence-corrected chi connectivity index (χ0v) is 12.1. The van der Waals surface area contributed by atoms with Gasteiger partial charge in [0.25, 0.3) is 0 Å². The molecule has 1 N–H and O–H groups in total. The Hall–Kier alpha value is -0.0800. The van der Waals surface area contributed by atoms with Crippen molar-refractivity contribution in [3.05, 3.63) is 0 Å². The van der Waals surface area contributed by atoms with Crippen molar-refractivity contribution in [1.82, 2.24) is 5.32 Å². The monoisotopic (exact) mass is 229 g/mol. The molecule has 0 saturated heterocycles. The van der Waals surface area contributed by atoms with Crippen LogP contribution in [0, 0.1) is 5.41 Å². The number of ether oxygens (including phenoxy) is 1. The summed E-state index contributed by atoms with van der Waals surface area (Å²) in [6.45, 7) is 15.4. The van der Waals surface area contributed by atoms with Crippen LogP contribution in [-0.4, -0.2) is 25.3 Å². The molecular weight excluding hydrogens is 198 g/mol. The molecule has 0 bridgehead atoms. The van der Waals surface area contributed by atoms with E-state index < -0.39 is 0 Å². The van der Waals surface area contributed by atoms with Crippen LogP contribution in [0.4, 0.5) is 0 Å². The highest BCUT2D eigenvalue weighted by molar-refractivity contribution is 4.66. The molecule has 0 aromatic heterocycles. The summed E-state index contributed by atoms with van der Waals surface area (Å²) in [5.41, 5.74) is 0.381. The molecule has 0 amide bonds. The summed E-state index contributed by atoms with van der Waals surface area (Å²) in [6, 6.07) is 0.560. The molecule has 0 radical (unpaired) electrons. The average Bonchev–Trinajstić information content (AvgIpc) is 2.12. The van der Waals surface area contributed by atoms with E-state index in [1.807, 2.05) is 0 Å². The Morgan fingerprint density at radius 3 is 2.31 bits per heavy atom. The van der Waals surface area contributed by atoms with Crippen molar-refractivity contribution >= 4 is 0 Å². The van der Waals surface area contributed by atoms with Gasteiger partial charge in [-0.15, -0.1) is 0 Å². The normalized spacial score (nSPS) is 16.1. The van der Waals surface area contributed by atoms with E-state index in [4.69, 9.17) is 4.74 Å². The van der Waals surface area contributed by atoms with Gasteiger partial charge in [-0.25, -0.2) is 0 Å². The maximum Gasteiger partial charge on any atom is 0.0561 e. The molecule has 98 valence electrons. The number of rotatable bonds is 8. The van der Waals surface area contributed by atoms with Gasteiger partial charge in [-0.3, -0.25) is 0 Å². The van der Waals surface area contributed by atoms with E-state index in [9.17, 15) is 0 Å². The molecule has 2 nitrogen and oxygen atoms in total. The van der Waals surface area contributed by atoms with Crippen molar-refractivity contribution in [2.75, 3.05) is 13.2 Å². The van der Waals surface area contributed by atoms with E-state index in [0.717, 1.165) is 26.0 Å². The highest BCUT2D eigenvalue weighted by Gasteiger charge is 2.12. The maximum absolute atomic E-state index is 5.83. The topological polar surface area (TPSA) is 21.3 Å². The van der Waals surface area contributed by atoms with E-state index in [1.54, 1.807) is 0 Å². The Balaban J connectivity index is 3.54. The Morgan fingerprint density at radius 1 is 1.19 bits per heavy atom. The van der Waals surface area contributed by atoms with Crippen molar-refractivity contribution in [3.63, 3.8) is 0 Å². The lowest BCUT2D eigenvalue weighted by molar-refractivity contribution is 0.0390.